The topological polar surface area (TPSA) is 49.9 Å². The highest BCUT2D eigenvalue weighted by Crippen LogP contribution is 2.26. The van der Waals surface area contributed by atoms with Crippen LogP contribution in [0.2, 0.25) is 0 Å². The molecule has 1 saturated heterocycles. The van der Waals surface area contributed by atoms with E-state index < -0.39 is 0 Å². The molecule has 5 heteroatoms. The van der Waals surface area contributed by atoms with E-state index in [-0.39, 0.29) is 11.8 Å². The minimum absolute atomic E-state index is 0.00662. The number of benzene rings is 1. The van der Waals surface area contributed by atoms with Crippen molar-refractivity contribution in [3.05, 3.63) is 35.4 Å². The largest absolute Gasteiger partial charge is 0.493 e. The van der Waals surface area contributed by atoms with Crippen LogP contribution in [0, 0.1) is 0 Å². The molecule has 2 aliphatic heterocycles. The Bertz CT molecular complexity index is 639. The lowest BCUT2D eigenvalue weighted by atomic mass is 10.1. The van der Waals surface area contributed by atoms with Gasteiger partial charge in [-0.2, -0.15) is 0 Å². The van der Waals surface area contributed by atoms with Crippen LogP contribution in [-0.4, -0.2) is 54.4 Å². The zero-order chi connectivity index (χ0) is 16.2. The third-order valence-corrected chi connectivity index (χ3v) is 4.38. The van der Waals surface area contributed by atoms with E-state index in [1.807, 2.05) is 23.1 Å². The van der Waals surface area contributed by atoms with Crippen molar-refractivity contribution < 1.29 is 14.3 Å². The fourth-order valence-electron chi connectivity index (χ4n) is 3.04. The van der Waals surface area contributed by atoms with E-state index in [0.29, 0.717) is 19.6 Å². The first kappa shape index (κ1) is 15.6. The highest BCUT2D eigenvalue weighted by atomic mass is 16.5. The zero-order valence-electron chi connectivity index (χ0n) is 13.5. The van der Waals surface area contributed by atoms with Gasteiger partial charge in [-0.05, 0) is 35.8 Å². The Labute approximate surface area is 136 Å². The molecule has 0 unspecified atom stereocenters. The number of amides is 2. The fourth-order valence-corrected chi connectivity index (χ4v) is 3.04. The van der Waals surface area contributed by atoms with Crippen molar-refractivity contribution in [3.63, 3.8) is 0 Å². The Hall–Kier alpha value is -2.30. The predicted molar refractivity (Wildman–Crippen MR) is 88.1 cm³/mol. The van der Waals surface area contributed by atoms with Gasteiger partial charge in [-0.3, -0.25) is 9.59 Å². The molecular weight excluding hydrogens is 292 g/mol. The first-order valence-electron chi connectivity index (χ1n) is 8.12. The second-order valence-electron chi connectivity index (χ2n) is 5.98. The summed E-state index contributed by atoms with van der Waals surface area (Å²) >= 11 is 0. The lowest BCUT2D eigenvalue weighted by Crippen LogP contribution is -2.35. The van der Waals surface area contributed by atoms with Crippen molar-refractivity contribution in [2.75, 3.05) is 32.8 Å². The third-order valence-electron chi connectivity index (χ3n) is 4.38. The number of carbonyl (C=O) groups excluding carboxylic acids is 2. The molecule has 5 nitrogen and oxygen atoms in total. The van der Waals surface area contributed by atoms with Gasteiger partial charge >= 0.3 is 0 Å². The molecule has 0 bridgehead atoms. The molecule has 0 atom stereocenters. The number of hydrogen-bond acceptors (Lipinski definition) is 3. The van der Waals surface area contributed by atoms with Crippen LogP contribution in [0.5, 0.6) is 5.75 Å². The Balaban J connectivity index is 1.61. The third kappa shape index (κ3) is 3.73. The van der Waals surface area contributed by atoms with E-state index in [9.17, 15) is 9.59 Å². The highest BCUT2D eigenvalue weighted by molar-refractivity contribution is 5.92. The number of nitrogens with zero attached hydrogens (tertiary/aromatic N) is 2. The normalized spacial score (nSPS) is 17.8. The highest BCUT2D eigenvalue weighted by Gasteiger charge is 2.18. The molecule has 0 aliphatic carbocycles. The van der Waals surface area contributed by atoms with Crippen molar-refractivity contribution in [1.82, 2.24) is 9.80 Å². The maximum Gasteiger partial charge on any atom is 0.246 e. The van der Waals surface area contributed by atoms with Gasteiger partial charge < -0.3 is 14.5 Å². The molecular formula is C18H22N2O3. The van der Waals surface area contributed by atoms with Crippen LogP contribution in [0.1, 0.15) is 24.5 Å². The summed E-state index contributed by atoms with van der Waals surface area (Å²) in [6, 6.07) is 6.00. The molecule has 2 amide bonds. The van der Waals surface area contributed by atoms with Crippen LogP contribution in [0.25, 0.3) is 6.08 Å². The van der Waals surface area contributed by atoms with Crippen molar-refractivity contribution in [3.8, 4) is 5.75 Å². The fraction of sp³-hybridized carbons (Fsp3) is 0.444. The molecule has 2 aliphatic rings. The minimum atomic E-state index is 0.00662. The van der Waals surface area contributed by atoms with E-state index in [2.05, 4.69) is 6.07 Å². The van der Waals surface area contributed by atoms with Gasteiger partial charge in [0.05, 0.1) is 6.61 Å². The average molecular weight is 314 g/mol. The lowest BCUT2D eigenvalue weighted by Gasteiger charge is -2.20. The zero-order valence-corrected chi connectivity index (χ0v) is 13.5. The van der Waals surface area contributed by atoms with Crippen molar-refractivity contribution in [1.29, 1.82) is 0 Å². The number of ether oxygens (including phenoxy) is 1. The molecule has 23 heavy (non-hydrogen) atoms. The molecule has 122 valence electrons. The molecule has 0 aromatic heterocycles. The Morgan fingerprint density at radius 3 is 2.74 bits per heavy atom. The molecule has 0 spiro atoms. The maximum absolute atomic E-state index is 12.3. The summed E-state index contributed by atoms with van der Waals surface area (Å²) < 4.78 is 5.49. The molecule has 0 N–H and O–H groups in total. The van der Waals surface area contributed by atoms with E-state index >= 15 is 0 Å². The van der Waals surface area contributed by atoms with Crippen LogP contribution >= 0.6 is 0 Å². The molecule has 0 saturated carbocycles. The van der Waals surface area contributed by atoms with E-state index in [1.54, 1.807) is 17.9 Å². The second-order valence-corrected chi connectivity index (χ2v) is 5.98. The minimum Gasteiger partial charge on any atom is -0.493 e. The standard InChI is InChI=1S/C18H22N2O3/c1-14(21)19-8-2-9-20(11-10-19)18(22)6-4-15-3-5-17-16(13-15)7-12-23-17/h3-6,13H,2,7-12H2,1H3/b6-4+. The van der Waals surface area contributed by atoms with Gasteiger partial charge in [0.1, 0.15) is 5.75 Å². The molecule has 2 heterocycles. The molecule has 1 aromatic rings. The number of fused-ring (bicyclic) bond motifs is 1. The van der Waals surface area contributed by atoms with Crippen molar-refractivity contribution >= 4 is 17.9 Å². The van der Waals surface area contributed by atoms with Gasteiger partial charge in [0, 0.05) is 45.6 Å². The lowest BCUT2D eigenvalue weighted by molar-refractivity contribution is -0.130. The summed E-state index contributed by atoms with van der Waals surface area (Å²) in [6.07, 6.45) is 5.24. The average Bonchev–Trinajstić information content (AvgIpc) is 2.86. The quantitative estimate of drug-likeness (QED) is 0.781. The van der Waals surface area contributed by atoms with Crippen LogP contribution < -0.4 is 4.74 Å². The van der Waals surface area contributed by atoms with Gasteiger partial charge in [-0.1, -0.05) is 6.07 Å². The summed E-state index contributed by atoms with van der Waals surface area (Å²) in [5.74, 6) is 1.03. The number of hydrogen-bond donors (Lipinski definition) is 0. The SMILES string of the molecule is CC(=O)N1CCCN(C(=O)/C=C/c2ccc3c(c2)CCO3)CC1. The summed E-state index contributed by atoms with van der Waals surface area (Å²) in [5, 5.41) is 0. The first-order valence-corrected chi connectivity index (χ1v) is 8.12. The summed E-state index contributed by atoms with van der Waals surface area (Å²) in [7, 11) is 0. The molecule has 0 radical (unpaired) electrons. The monoisotopic (exact) mass is 314 g/mol. The van der Waals surface area contributed by atoms with Gasteiger partial charge in [0.15, 0.2) is 0 Å². The Morgan fingerprint density at radius 2 is 1.91 bits per heavy atom. The summed E-state index contributed by atoms with van der Waals surface area (Å²) in [6.45, 7) is 4.96. The smallest absolute Gasteiger partial charge is 0.246 e. The van der Waals surface area contributed by atoms with Gasteiger partial charge in [0.2, 0.25) is 11.8 Å². The number of rotatable bonds is 2. The first-order chi connectivity index (χ1) is 11.1. The second kappa shape index (κ2) is 6.86. The predicted octanol–water partition coefficient (Wildman–Crippen LogP) is 1.72. The molecule has 1 fully saturated rings. The van der Waals surface area contributed by atoms with E-state index in [1.165, 1.54) is 5.56 Å². The molecule has 3 rings (SSSR count). The van der Waals surface area contributed by atoms with Crippen molar-refractivity contribution in [2.24, 2.45) is 0 Å². The summed E-state index contributed by atoms with van der Waals surface area (Å²) in [4.78, 5) is 27.4. The van der Waals surface area contributed by atoms with Crippen LogP contribution in [0.3, 0.4) is 0 Å². The van der Waals surface area contributed by atoms with Crippen LogP contribution in [0.4, 0.5) is 0 Å². The van der Waals surface area contributed by atoms with Gasteiger partial charge in [-0.15, -0.1) is 0 Å². The van der Waals surface area contributed by atoms with Gasteiger partial charge in [-0.25, -0.2) is 0 Å². The summed E-state index contributed by atoms with van der Waals surface area (Å²) in [5.41, 5.74) is 2.22. The van der Waals surface area contributed by atoms with Crippen LogP contribution in [-0.2, 0) is 16.0 Å². The van der Waals surface area contributed by atoms with Crippen molar-refractivity contribution in [2.45, 2.75) is 19.8 Å². The maximum atomic E-state index is 12.3. The van der Waals surface area contributed by atoms with E-state index in [0.717, 1.165) is 37.3 Å². The Morgan fingerprint density at radius 1 is 1.13 bits per heavy atom. The Kier molecular flexibility index (Phi) is 4.65. The molecule has 1 aromatic carbocycles. The van der Waals surface area contributed by atoms with Crippen LogP contribution in [0.15, 0.2) is 24.3 Å². The van der Waals surface area contributed by atoms with E-state index in [4.69, 9.17) is 4.74 Å². The number of carbonyl (C=O) groups is 2. The van der Waals surface area contributed by atoms with Gasteiger partial charge in [0.25, 0.3) is 0 Å².